The largest absolute Gasteiger partial charge is 0.467 e. The molecule has 3 aromatic rings. The maximum absolute atomic E-state index is 13.0. The Bertz CT molecular complexity index is 1010. The van der Waals surface area contributed by atoms with Crippen molar-refractivity contribution in [2.75, 3.05) is 0 Å². The highest BCUT2D eigenvalue weighted by atomic mass is 16.3. The average Bonchev–Trinajstić information content (AvgIpc) is 3.25. The Morgan fingerprint density at radius 2 is 2.07 bits per heavy atom. The van der Waals surface area contributed by atoms with Crippen molar-refractivity contribution in [3.63, 3.8) is 0 Å². The van der Waals surface area contributed by atoms with E-state index in [1.165, 1.54) is 4.57 Å². The maximum Gasteiger partial charge on any atom is 0.258 e. The summed E-state index contributed by atoms with van der Waals surface area (Å²) in [6, 6.07) is 5.43. The molecule has 0 spiro atoms. The van der Waals surface area contributed by atoms with E-state index in [1.807, 2.05) is 26.8 Å². The molecule has 0 unspecified atom stereocenters. The SMILES string of the molecule is CCc1c(C)nc(-n2nc(C)cc2C)n(CC(=O)NCc2ccco2)c1=O. The summed E-state index contributed by atoms with van der Waals surface area (Å²) in [5, 5.41) is 7.18. The van der Waals surface area contributed by atoms with Crippen LogP contribution in [0.1, 0.15) is 35.3 Å². The molecule has 0 saturated heterocycles. The highest BCUT2D eigenvalue weighted by molar-refractivity contribution is 5.75. The topological polar surface area (TPSA) is 94.9 Å². The van der Waals surface area contributed by atoms with Gasteiger partial charge in [0.2, 0.25) is 11.9 Å². The summed E-state index contributed by atoms with van der Waals surface area (Å²) >= 11 is 0. The van der Waals surface area contributed by atoms with Gasteiger partial charge in [0.25, 0.3) is 5.56 Å². The molecule has 3 heterocycles. The molecule has 0 saturated carbocycles. The lowest BCUT2D eigenvalue weighted by atomic mass is 10.2. The Hall–Kier alpha value is -3.16. The van der Waals surface area contributed by atoms with Crippen LogP contribution in [0.15, 0.2) is 33.7 Å². The molecule has 0 fully saturated rings. The Balaban J connectivity index is 1.97. The van der Waals surface area contributed by atoms with Crippen LogP contribution in [0.25, 0.3) is 5.95 Å². The number of hydrogen-bond donors (Lipinski definition) is 1. The summed E-state index contributed by atoms with van der Waals surface area (Å²) < 4.78 is 8.19. The quantitative estimate of drug-likeness (QED) is 0.715. The number of carbonyl (C=O) groups is 1. The molecule has 0 bridgehead atoms. The van der Waals surface area contributed by atoms with E-state index in [0.29, 0.717) is 29.4 Å². The molecule has 27 heavy (non-hydrogen) atoms. The van der Waals surface area contributed by atoms with Gasteiger partial charge in [-0.25, -0.2) is 9.67 Å². The van der Waals surface area contributed by atoms with E-state index in [2.05, 4.69) is 15.4 Å². The van der Waals surface area contributed by atoms with Crippen molar-refractivity contribution in [1.29, 1.82) is 0 Å². The van der Waals surface area contributed by atoms with Crippen LogP contribution in [-0.2, 0) is 24.3 Å². The second-order valence-electron chi connectivity index (χ2n) is 6.42. The highest BCUT2D eigenvalue weighted by Gasteiger charge is 2.19. The molecule has 142 valence electrons. The third-order valence-electron chi connectivity index (χ3n) is 4.34. The number of rotatable bonds is 6. The highest BCUT2D eigenvalue weighted by Crippen LogP contribution is 2.11. The molecule has 8 nitrogen and oxygen atoms in total. The number of nitrogens with zero attached hydrogens (tertiary/aromatic N) is 4. The molecule has 0 aromatic carbocycles. The molecule has 3 aromatic heterocycles. The van der Waals surface area contributed by atoms with E-state index < -0.39 is 0 Å². The lowest BCUT2D eigenvalue weighted by Gasteiger charge is -2.15. The van der Waals surface area contributed by atoms with Gasteiger partial charge in [0.15, 0.2) is 0 Å². The molecule has 1 N–H and O–H groups in total. The fourth-order valence-electron chi connectivity index (χ4n) is 3.03. The van der Waals surface area contributed by atoms with Crippen LogP contribution in [0.4, 0.5) is 0 Å². The number of hydrogen-bond acceptors (Lipinski definition) is 5. The van der Waals surface area contributed by atoms with Crippen molar-refractivity contribution >= 4 is 5.91 Å². The lowest BCUT2D eigenvalue weighted by molar-refractivity contribution is -0.122. The minimum absolute atomic E-state index is 0.145. The van der Waals surface area contributed by atoms with Crippen molar-refractivity contribution in [1.82, 2.24) is 24.6 Å². The second kappa shape index (κ2) is 7.61. The van der Waals surface area contributed by atoms with Crippen molar-refractivity contribution < 1.29 is 9.21 Å². The fourth-order valence-corrected chi connectivity index (χ4v) is 3.03. The summed E-state index contributed by atoms with van der Waals surface area (Å²) in [6.45, 7) is 7.57. The predicted octanol–water partition coefficient (Wildman–Crippen LogP) is 1.83. The Morgan fingerprint density at radius 1 is 1.30 bits per heavy atom. The summed E-state index contributed by atoms with van der Waals surface area (Å²) in [4.78, 5) is 30.0. The molecule has 8 heteroatoms. The van der Waals surface area contributed by atoms with E-state index in [-0.39, 0.29) is 24.6 Å². The monoisotopic (exact) mass is 369 g/mol. The van der Waals surface area contributed by atoms with Gasteiger partial charge in [0, 0.05) is 11.3 Å². The fraction of sp³-hybridized carbons (Fsp3) is 0.368. The van der Waals surface area contributed by atoms with Crippen molar-refractivity contribution in [2.45, 2.75) is 47.2 Å². The number of furan rings is 1. The Labute approximate surface area is 156 Å². The first kappa shape index (κ1) is 18.6. The van der Waals surface area contributed by atoms with Crippen LogP contribution >= 0.6 is 0 Å². The van der Waals surface area contributed by atoms with Crippen LogP contribution in [0.2, 0.25) is 0 Å². The van der Waals surface area contributed by atoms with Gasteiger partial charge in [0.1, 0.15) is 12.3 Å². The molecule has 0 aliphatic rings. The molecule has 0 radical (unpaired) electrons. The summed E-state index contributed by atoms with van der Waals surface area (Å²) in [5.74, 6) is 0.684. The van der Waals surface area contributed by atoms with Gasteiger partial charge in [-0.3, -0.25) is 14.2 Å². The summed E-state index contributed by atoms with van der Waals surface area (Å²) in [6.07, 6.45) is 2.09. The zero-order chi connectivity index (χ0) is 19.6. The first-order valence-electron chi connectivity index (χ1n) is 8.83. The van der Waals surface area contributed by atoms with Crippen molar-refractivity contribution in [3.8, 4) is 5.95 Å². The third kappa shape index (κ3) is 3.84. The van der Waals surface area contributed by atoms with Gasteiger partial charge in [0.05, 0.1) is 24.2 Å². The van der Waals surface area contributed by atoms with Gasteiger partial charge in [-0.1, -0.05) is 6.92 Å². The van der Waals surface area contributed by atoms with E-state index in [4.69, 9.17) is 4.42 Å². The first-order valence-corrected chi connectivity index (χ1v) is 8.83. The van der Waals surface area contributed by atoms with Gasteiger partial charge in [-0.15, -0.1) is 0 Å². The molecule has 0 aliphatic carbocycles. The first-order chi connectivity index (χ1) is 12.9. The molecular weight excluding hydrogens is 346 g/mol. The van der Waals surface area contributed by atoms with Gasteiger partial charge in [-0.2, -0.15) is 5.10 Å². The van der Waals surface area contributed by atoms with Gasteiger partial charge >= 0.3 is 0 Å². The Morgan fingerprint density at radius 3 is 2.67 bits per heavy atom. The number of carbonyl (C=O) groups excluding carboxylic acids is 1. The van der Waals surface area contributed by atoms with Crippen molar-refractivity contribution in [2.24, 2.45) is 0 Å². The zero-order valence-electron chi connectivity index (χ0n) is 15.9. The van der Waals surface area contributed by atoms with Crippen molar-refractivity contribution in [3.05, 3.63) is 63.2 Å². The Kier molecular flexibility index (Phi) is 5.25. The zero-order valence-corrected chi connectivity index (χ0v) is 15.9. The van der Waals surface area contributed by atoms with Crippen LogP contribution in [-0.4, -0.2) is 25.2 Å². The van der Waals surface area contributed by atoms with Crippen LogP contribution in [0.5, 0.6) is 0 Å². The normalized spacial score (nSPS) is 11.0. The van der Waals surface area contributed by atoms with Gasteiger partial charge < -0.3 is 9.73 Å². The van der Waals surface area contributed by atoms with Crippen LogP contribution in [0.3, 0.4) is 0 Å². The second-order valence-corrected chi connectivity index (χ2v) is 6.42. The standard InChI is InChI=1S/C19H23N5O3/c1-5-16-14(4)21-19(24-13(3)9-12(2)22-24)23(18(16)26)11-17(25)20-10-15-7-6-8-27-15/h6-9H,5,10-11H2,1-4H3,(H,20,25). The van der Waals surface area contributed by atoms with E-state index >= 15 is 0 Å². The van der Waals surface area contributed by atoms with E-state index in [0.717, 1.165) is 11.4 Å². The number of amides is 1. The molecular formula is C19H23N5O3. The predicted molar refractivity (Wildman–Crippen MR) is 99.8 cm³/mol. The lowest BCUT2D eigenvalue weighted by Crippen LogP contribution is -2.36. The third-order valence-corrected chi connectivity index (χ3v) is 4.34. The van der Waals surface area contributed by atoms with Crippen LogP contribution in [0, 0.1) is 20.8 Å². The van der Waals surface area contributed by atoms with E-state index in [1.54, 1.807) is 30.0 Å². The average molecular weight is 369 g/mol. The smallest absolute Gasteiger partial charge is 0.258 e. The minimum atomic E-state index is -0.302. The molecule has 0 atom stereocenters. The molecule has 3 rings (SSSR count). The number of nitrogens with one attached hydrogen (secondary N) is 1. The molecule has 1 amide bonds. The van der Waals surface area contributed by atoms with Gasteiger partial charge in [-0.05, 0) is 45.4 Å². The maximum atomic E-state index is 13.0. The van der Waals surface area contributed by atoms with Crippen LogP contribution < -0.4 is 10.9 Å². The number of aromatic nitrogens is 4. The minimum Gasteiger partial charge on any atom is -0.467 e. The molecule has 0 aliphatic heterocycles. The summed E-state index contributed by atoms with van der Waals surface area (Å²) in [5.41, 5.74) is 2.68. The van der Waals surface area contributed by atoms with E-state index in [9.17, 15) is 9.59 Å². The summed E-state index contributed by atoms with van der Waals surface area (Å²) in [7, 11) is 0. The number of aryl methyl sites for hydroxylation is 3.